The summed E-state index contributed by atoms with van der Waals surface area (Å²) in [6.07, 6.45) is 0. The molecule has 2 aliphatic heterocycles. The van der Waals surface area contributed by atoms with Crippen molar-refractivity contribution in [3.8, 4) is 10.6 Å². The second kappa shape index (κ2) is 7.28. The maximum absolute atomic E-state index is 13.0. The molecule has 2 amide bonds. The number of hydrazone groups is 1. The molecule has 0 spiro atoms. The number of carbonyl (C=O) groups is 3. The zero-order valence-electron chi connectivity index (χ0n) is 16.8. The molecule has 8 nitrogen and oxygen atoms in total. The Hall–Kier alpha value is -3.59. The van der Waals surface area contributed by atoms with Gasteiger partial charge in [-0.15, -0.1) is 11.3 Å². The quantitative estimate of drug-likeness (QED) is 0.501. The second-order valence-electron chi connectivity index (χ2n) is 7.35. The predicted molar refractivity (Wildman–Crippen MR) is 117 cm³/mol. The Morgan fingerprint density at radius 1 is 1.16 bits per heavy atom. The number of anilines is 1. The largest absolute Gasteiger partial charge is 0.461 e. The van der Waals surface area contributed by atoms with Crippen molar-refractivity contribution in [3.05, 3.63) is 48.0 Å². The van der Waals surface area contributed by atoms with E-state index in [1.165, 1.54) is 5.56 Å². The number of thiazole rings is 1. The lowest BCUT2D eigenvalue weighted by Gasteiger charge is -2.16. The zero-order chi connectivity index (χ0) is 21.7. The first kappa shape index (κ1) is 19.4. The van der Waals surface area contributed by atoms with Gasteiger partial charge in [-0.3, -0.25) is 15.0 Å². The summed E-state index contributed by atoms with van der Waals surface area (Å²) in [6.45, 7) is 3.87. The van der Waals surface area contributed by atoms with Crippen LogP contribution in [-0.4, -0.2) is 41.1 Å². The molecular formula is C22H18N4O4S. The minimum absolute atomic E-state index is 0.0610. The first-order chi connectivity index (χ1) is 15.0. The normalized spacial score (nSPS) is 20.1. The summed E-state index contributed by atoms with van der Waals surface area (Å²) in [5.74, 6) is -2.60. The fourth-order valence-electron chi connectivity index (χ4n) is 3.83. The summed E-state index contributed by atoms with van der Waals surface area (Å²) in [5.41, 5.74) is 6.00. The van der Waals surface area contributed by atoms with E-state index in [0.29, 0.717) is 5.69 Å². The maximum Gasteiger partial charge on any atom is 0.355 e. The third-order valence-corrected chi connectivity index (χ3v) is 6.39. The highest BCUT2D eigenvalue weighted by atomic mass is 32.1. The van der Waals surface area contributed by atoms with E-state index in [4.69, 9.17) is 4.74 Å². The summed E-state index contributed by atoms with van der Waals surface area (Å²) in [7, 11) is 0. The van der Waals surface area contributed by atoms with Crippen molar-refractivity contribution in [1.29, 1.82) is 0 Å². The lowest BCUT2D eigenvalue weighted by atomic mass is 9.99. The number of benzene rings is 2. The molecule has 1 N–H and O–H groups in total. The summed E-state index contributed by atoms with van der Waals surface area (Å²) < 4.78 is 6.06. The molecule has 0 aliphatic carbocycles. The van der Waals surface area contributed by atoms with E-state index in [1.807, 2.05) is 31.2 Å². The molecule has 3 aromatic rings. The SMILES string of the molecule is CCOC(=O)C1=NNC2C(=O)N(c3ccc(-c4nc5ccc(C)cc5s4)cc3)C(=O)C12. The van der Waals surface area contributed by atoms with E-state index in [9.17, 15) is 14.4 Å². The number of esters is 1. The number of hydrogen-bond acceptors (Lipinski definition) is 8. The topological polar surface area (TPSA) is 101 Å². The fraction of sp³-hybridized carbons (Fsp3) is 0.227. The van der Waals surface area contributed by atoms with E-state index in [2.05, 4.69) is 21.6 Å². The molecule has 0 radical (unpaired) electrons. The van der Waals surface area contributed by atoms with Gasteiger partial charge in [-0.2, -0.15) is 5.10 Å². The van der Waals surface area contributed by atoms with E-state index in [-0.39, 0.29) is 12.3 Å². The molecule has 2 aromatic carbocycles. The molecule has 1 aromatic heterocycles. The van der Waals surface area contributed by atoms with Crippen molar-refractivity contribution >= 4 is 50.7 Å². The number of imide groups is 1. The van der Waals surface area contributed by atoms with Crippen LogP contribution in [0.5, 0.6) is 0 Å². The number of amides is 2. The van der Waals surface area contributed by atoms with Gasteiger partial charge in [0.1, 0.15) is 17.0 Å². The van der Waals surface area contributed by atoms with Crippen molar-refractivity contribution in [2.24, 2.45) is 11.0 Å². The summed E-state index contributed by atoms with van der Waals surface area (Å²) in [5, 5.41) is 4.73. The van der Waals surface area contributed by atoms with Crippen molar-refractivity contribution in [2.75, 3.05) is 11.5 Å². The third kappa shape index (κ3) is 3.09. The van der Waals surface area contributed by atoms with Crippen LogP contribution in [0, 0.1) is 12.8 Å². The van der Waals surface area contributed by atoms with Gasteiger partial charge >= 0.3 is 5.97 Å². The van der Waals surface area contributed by atoms with Gasteiger partial charge in [0.05, 0.1) is 22.5 Å². The van der Waals surface area contributed by atoms with Crippen molar-refractivity contribution in [1.82, 2.24) is 10.4 Å². The maximum atomic E-state index is 13.0. The average molecular weight is 434 g/mol. The Kier molecular flexibility index (Phi) is 4.55. The van der Waals surface area contributed by atoms with Gasteiger partial charge in [0.15, 0.2) is 5.71 Å². The summed E-state index contributed by atoms with van der Waals surface area (Å²) in [6, 6.07) is 12.3. The molecule has 2 aliphatic rings. The zero-order valence-corrected chi connectivity index (χ0v) is 17.6. The summed E-state index contributed by atoms with van der Waals surface area (Å²) >= 11 is 1.59. The standard InChI is InChI=1S/C22H18N4O4S/c1-3-30-22(29)18-16-17(24-25-18)21(28)26(20(16)27)13-7-5-12(6-8-13)19-23-14-9-4-11(2)10-15(14)31-19/h4-10,16-17,24H,3H2,1-2H3. The lowest BCUT2D eigenvalue weighted by molar-refractivity contribution is -0.136. The number of nitrogens with one attached hydrogen (secondary N) is 1. The van der Waals surface area contributed by atoms with Crippen LogP contribution in [0.15, 0.2) is 47.6 Å². The highest BCUT2D eigenvalue weighted by molar-refractivity contribution is 7.21. The number of ether oxygens (including phenoxy) is 1. The van der Waals surface area contributed by atoms with Gasteiger partial charge < -0.3 is 4.74 Å². The molecular weight excluding hydrogens is 416 g/mol. The molecule has 2 unspecified atom stereocenters. The van der Waals surface area contributed by atoms with Crippen LogP contribution in [-0.2, 0) is 19.1 Å². The number of nitrogens with zero attached hydrogens (tertiary/aromatic N) is 3. The molecule has 1 fully saturated rings. The number of fused-ring (bicyclic) bond motifs is 2. The molecule has 9 heteroatoms. The Morgan fingerprint density at radius 2 is 1.94 bits per heavy atom. The van der Waals surface area contributed by atoms with Crippen LogP contribution >= 0.6 is 11.3 Å². The Balaban J connectivity index is 1.42. The van der Waals surface area contributed by atoms with Gasteiger partial charge in [0.25, 0.3) is 5.91 Å². The number of rotatable bonds is 4. The van der Waals surface area contributed by atoms with Crippen LogP contribution in [0.4, 0.5) is 5.69 Å². The van der Waals surface area contributed by atoms with Gasteiger partial charge in [-0.1, -0.05) is 6.07 Å². The van der Waals surface area contributed by atoms with Gasteiger partial charge in [-0.25, -0.2) is 14.7 Å². The van der Waals surface area contributed by atoms with Crippen LogP contribution in [0.1, 0.15) is 12.5 Å². The lowest BCUT2D eigenvalue weighted by Crippen LogP contribution is -2.36. The first-order valence-electron chi connectivity index (χ1n) is 9.83. The Morgan fingerprint density at radius 3 is 2.68 bits per heavy atom. The smallest absolute Gasteiger partial charge is 0.355 e. The monoisotopic (exact) mass is 434 g/mol. The van der Waals surface area contributed by atoms with Crippen LogP contribution in [0.25, 0.3) is 20.8 Å². The van der Waals surface area contributed by atoms with Crippen LogP contribution in [0.3, 0.4) is 0 Å². The molecule has 3 heterocycles. The number of aromatic nitrogens is 1. The Bertz CT molecular complexity index is 1260. The van der Waals surface area contributed by atoms with Crippen LogP contribution in [0.2, 0.25) is 0 Å². The number of hydrogen-bond donors (Lipinski definition) is 1. The highest BCUT2D eigenvalue weighted by Crippen LogP contribution is 2.34. The molecule has 156 valence electrons. The minimum atomic E-state index is -0.973. The molecule has 1 saturated heterocycles. The van der Waals surface area contributed by atoms with Gasteiger partial charge in [0.2, 0.25) is 5.91 Å². The van der Waals surface area contributed by atoms with Crippen LogP contribution < -0.4 is 10.3 Å². The van der Waals surface area contributed by atoms with Gasteiger partial charge in [0, 0.05) is 5.56 Å². The number of carbonyl (C=O) groups excluding carboxylic acids is 3. The van der Waals surface area contributed by atoms with E-state index >= 15 is 0 Å². The highest BCUT2D eigenvalue weighted by Gasteiger charge is 2.55. The second-order valence-corrected chi connectivity index (χ2v) is 8.38. The first-order valence-corrected chi connectivity index (χ1v) is 10.6. The molecule has 31 heavy (non-hydrogen) atoms. The van der Waals surface area contributed by atoms with E-state index in [0.717, 1.165) is 25.7 Å². The fourth-order valence-corrected chi connectivity index (χ4v) is 4.89. The third-order valence-electron chi connectivity index (χ3n) is 5.33. The van der Waals surface area contributed by atoms with Crippen molar-refractivity contribution < 1.29 is 19.1 Å². The van der Waals surface area contributed by atoms with Crippen molar-refractivity contribution in [2.45, 2.75) is 19.9 Å². The Labute approximate surface area is 181 Å². The van der Waals surface area contributed by atoms with E-state index < -0.39 is 29.7 Å². The average Bonchev–Trinajstić information content (AvgIpc) is 3.43. The summed E-state index contributed by atoms with van der Waals surface area (Å²) in [4.78, 5) is 43.7. The van der Waals surface area contributed by atoms with Gasteiger partial charge in [-0.05, 0) is 55.8 Å². The molecule has 5 rings (SSSR count). The van der Waals surface area contributed by atoms with E-state index in [1.54, 1.807) is 30.4 Å². The minimum Gasteiger partial charge on any atom is -0.461 e. The number of aryl methyl sites for hydroxylation is 1. The molecule has 0 bridgehead atoms. The molecule has 2 atom stereocenters. The predicted octanol–water partition coefficient (Wildman–Crippen LogP) is 2.65. The van der Waals surface area contributed by atoms with Crippen molar-refractivity contribution in [3.63, 3.8) is 0 Å². The molecule has 0 saturated carbocycles.